The van der Waals surface area contributed by atoms with Crippen molar-refractivity contribution in [2.75, 3.05) is 6.61 Å². The van der Waals surface area contributed by atoms with Crippen LogP contribution >= 0.6 is 0 Å². The van der Waals surface area contributed by atoms with Crippen molar-refractivity contribution in [1.29, 1.82) is 0 Å². The number of fused-ring (bicyclic) bond motifs is 3. The van der Waals surface area contributed by atoms with Gasteiger partial charge in [0, 0.05) is 12.3 Å². The van der Waals surface area contributed by atoms with E-state index in [4.69, 9.17) is 9.47 Å². The Kier molecular flexibility index (Phi) is 11.1. The maximum absolute atomic E-state index is 14.4. The molecule has 0 bridgehead atoms. The minimum atomic E-state index is -2.44. The molecule has 1 aliphatic carbocycles. The average Bonchev–Trinajstić information content (AvgIpc) is 3.42. The van der Waals surface area contributed by atoms with E-state index in [2.05, 4.69) is 15.4 Å². The number of esters is 1. The van der Waals surface area contributed by atoms with Crippen molar-refractivity contribution in [3.05, 3.63) is 125 Å². The zero-order chi connectivity index (χ0) is 37.0. The second-order valence-electron chi connectivity index (χ2n) is 13.0. The van der Waals surface area contributed by atoms with Crippen molar-refractivity contribution < 1.29 is 50.5 Å². The molecule has 0 radical (unpaired) electrons. The molecule has 13 heteroatoms. The molecule has 0 unspecified atom stereocenters. The van der Waals surface area contributed by atoms with Gasteiger partial charge in [-0.25, -0.2) is 22.8 Å². The van der Waals surface area contributed by atoms with Gasteiger partial charge >= 0.3 is 12.1 Å². The van der Waals surface area contributed by atoms with Crippen LogP contribution in [-0.2, 0) is 25.5 Å². The Bertz CT molecular complexity index is 1860. The zero-order valence-corrected chi connectivity index (χ0v) is 28.1. The topological polar surface area (TPSA) is 103 Å². The Morgan fingerprint density at radius 1 is 0.725 bits per heavy atom. The van der Waals surface area contributed by atoms with Gasteiger partial charge < -0.3 is 24.8 Å². The fourth-order valence-corrected chi connectivity index (χ4v) is 5.94. The van der Waals surface area contributed by atoms with Crippen LogP contribution in [0.3, 0.4) is 0 Å². The molecule has 4 aromatic carbocycles. The van der Waals surface area contributed by atoms with Crippen LogP contribution in [0, 0.1) is 29.1 Å². The SMILES string of the molecule is C[C@@H](OC(C)(C)C)[C@H](NC(=O)OCC1c2ccccc2-c2ccccc21)C(=O)N[C@@H](Cc1ccccc1)C(=O)Oc1c(F)c(F)c(F)c(F)c1F. The van der Waals surface area contributed by atoms with E-state index in [1.165, 1.54) is 6.92 Å². The molecule has 4 aromatic rings. The van der Waals surface area contributed by atoms with Gasteiger partial charge in [0.15, 0.2) is 0 Å². The van der Waals surface area contributed by atoms with Crippen LogP contribution in [0.2, 0.25) is 0 Å². The summed E-state index contributed by atoms with van der Waals surface area (Å²) in [6, 6.07) is 20.2. The van der Waals surface area contributed by atoms with Crippen LogP contribution < -0.4 is 15.4 Å². The highest BCUT2D eigenvalue weighted by atomic mass is 19.2. The number of rotatable bonds is 11. The second kappa shape index (κ2) is 15.3. The summed E-state index contributed by atoms with van der Waals surface area (Å²) >= 11 is 0. The molecular weight excluding hydrogens is 675 g/mol. The van der Waals surface area contributed by atoms with Crippen molar-refractivity contribution in [1.82, 2.24) is 10.6 Å². The van der Waals surface area contributed by atoms with Crippen LogP contribution in [0.15, 0.2) is 78.9 Å². The molecule has 1 aliphatic rings. The molecule has 0 saturated heterocycles. The van der Waals surface area contributed by atoms with Gasteiger partial charge in [-0.15, -0.1) is 0 Å². The first-order valence-corrected chi connectivity index (χ1v) is 16.0. The number of halogens is 5. The molecule has 0 aliphatic heterocycles. The van der Waals surface area contributed by atoms with Crippen molar-refractivity contribution in [3.8, 4) is 16.9 Å². The third kappa shape index (κ3) is 8.37. The first-order valence-electron chi connectivity index (χ1n) is 16.0. The molecule has 0 aromatic heterocycles. The Morgan fingerprint density at radius 2 is 1.24 bits per heavy atom. The van der Waals surface area contributed by atoms with E-state index in [9.17, 15) is 36.3 Å². The number of amides is 2. The van der Waals surface area contributed by atoms with Crippen LogP contribution in [-0.4, -0.2) is 48.4 Å². The van der Waals surface area contributed by atoms with Crippen molar-refractivity contribution in [3.63, 3.8) is 0 Å². The lowest BCUT2D eigenvalue weighted by molar-refractivity contribution is -0.142. The van der Waals surface area contributed by atoms with Crippen molar-refractivity contribution in [2.45, 2.75) is 63.8 Å². The van der Waals surface area contributed by atoms with Gasteiger partial charge in [-0.1, -0.05) is 78.9 Å². The molecular formula is C38H35F5N2O6. The molecule has 8 nitrogen and oxygen atoms in total. The molecule has 0 saturated carbocycles. The highest BCUT2D eigenvalue weighted by Gasteiger charge is 2.37. The fourth-order valence-electron chi connectivity index (χ4n) is 5.94. The van der Waals surface area contributed by atoms with E-state index in [-0.39, 0.29) is 18.9 Å². The van der Waals surface area contributed by atoms with E-state index >= 15 is 0 Å². The predicted molar refractivity (Wildman–Crippen MR) is 176 cm³/mol. The van der Waals surface area contributed by atoms with Gasteiger partial charge in [0.1, 0.15) is 18.7 Å². The number of benzene rings is 4. The van der Waals surface area contributed by atoms with Crippen LogP contribution in [0.5, 0.6) is 5.75 Å². The number of carbonyl (C=O) groups excluding carboxylic acids is 3. The summed E-state index contributed by atoms with van der Waals surface area (Å²) in [5, 5.41) is 4.89. The third-order valence-corrected chi connectivity index (χ3v) is 8.16. The summed E-state index contributed by atoms with van der Waals surface area (Å²) in [4.78, 5) is 40.4. The Balaban J connectivity index is 1.37. The molecule has 268 valence electrons. The summed E-state index contributed by atoms with van der Waals surface area (Å²) in [5.41, 5.74) is 3.57. The smallest absolute Gasteiger partial charge is 0.407 e. The maximum Gasteiger partial charge on any atom is 0.407 e. The molecule has 0 spiro atoms. The minimum absolute atomic E-state index is 0.0758. The number of ether oxygens (including phenoxy) is 3. The van der Waals surface area contributed by atoms with Gasteiger partial charge in [0.25, 0.3) is 0 Å². The molecule has 2 amide bonds. The number of hydrogen-bond acceptors (Lipinski definition) is 6. The lowest BCUT2D eigenvalue weighted by atomic mass is 9.98. The third-order valence-electron chi connectivity index (χ3n) is 8.16. The second-order valence-corrected chi connectivity index (χ2v) is 13.0. The monoisotopic (exact) mass is 710 g/mol. The summed E-state index contributed by atoms with van der Waals surface area (Å²) in [7, 11) is 0. The Morgan fingerprint density at radius 3 is 1.78 bits per heavy atom. The van der Waals surface area contributed by atoms with E-state index in [1.54, 1.807) is 51.1 Å². The van der Waals surface area contributed by atoms with E-state index in [1.807, 2.05) is 48.5 Å². The first-order chi connectivity index (χ1) is 24.2. The lowest BCUT2D eigenvalue weighted by Crippen LogP contribution is -2.58. The Labute approximate surface area is 290 Å². The summed E-state index contributed by atoms with van der Waals surface area (Å²) in [6.45, 7) is 6.56. The van der Waals surface area contributed by atoms with E-state index in [0.717, 1.165) is 22.3 Å². The Hall–Kier alpha value is -5.30. The highest BCUT2D eigenvalue weighted by Crippen LogP contribution is 2.44. The number of alkyl carbamates (subject to hydrolysis) is 1. The lowest BCUT2D eigenvalue weighted by Gasteiger charge is -2.31. The molecule has 5 rings (SSSR count). The van der Waals surface area contributed by atoms with Crippen LogP contribution in [0.4, 0.5) is 26.7 Å². The molecule has 3 atom stereocenters. The van der Waals surface area contributed by atoms with Crippen LogP contribution in [0.25, 0.3) is 11.1 Å². The number of hydrogen-bond donors (Lipinski definition) is 2. The molecule has 0 fully saturated rings. The van der Waals surface area contributed by atoms with Crippen LogP contribution in [0.1, 0.15) is 50.3 Å². The number of carbonyl (C=O) groups is 3. The first kappa shape index (κ1) is 37.0. The summed E-state index contributed by atoms with van der Waals surface area (Å²) < 4.78 is 86.5. The van der Waals surface area contributed by atoms with Gasteiger partial charge in [0.2, 0.25) is 40.7 Å². The van der Waals surface area contributed by atoms with E-state index in [0.29, 0.717) is 5.56 Å². The highest BCUT2D eigenvalue weighted by molar-refractivity contribution is 5.91. The van der Waals surface area contributed by atoms with Gasteiger partial charge in [-0.3, -0.25) is 4.79 Å². The van der Waals surface area contributed by atoms with Crippen molar-refractivity contribution in [2.24, 2.45) is 0 Å². The fraction of sp³-hybridized carbons (Fsp3) is 0.289. The van der Waals surface area contributed by atoms with E-state index < -0.39 is 76.6 Å². The largest absolute Gasteiger partial charge is 0.449 e. The molecule has 51 heavy (non-hydrogen) atoms. The normalized spacial score (nSPS) is 14.1. The zero-order valence-electron chi connectivity index (χ0n) is 28.1. The molecule has 2 N–H and O–H groups in total. The minimum Gasteiger partial charge on any atom is -0.449 e. The summed E-state index contributed by atoms with van der Waals surface area (Å²) in [6.07, 6.45) is -2.34. The quantitative estimate of drug-likeness (QED) is 0.0565. The standard InChI is InChI=1S/C38H35F5N2O6/c1-20(51-38(2,3)4)33(45-37(48)49-19-26-24-16-10-8-14-22(24)23-15-9-11-17-25(23)26)35(46)44-27(18-21-12-6-5-7-13-21)36(47)50-34-31(42)29(40)28(39)30(41)32(34)43/h5-17,20,26-27,33H,18-19H2,1-4H3,(H,44,46)(H,45,48)/t20-,27+,33+/m1/s1. The summed E-state index contributed by atoms with van der Waals surface area (Å²) in [5.74, 6) is -16.5. The maximum atomic E-state index is 14.4. The van der Waals surface area contributed by atoms with Gasteiger partial charge in [-0.2, -0.15) is 8.78 Å². The van der Waals surface area contributed by atoms with Gasteiger partial charge in [0.05, 0.1) is 11.7 Å². The van der Waals surface area contributed by atoms with Gasteiger partial charge in [-0.05, 0) is 55.5 Å². The predicted octanol–water partition coefficient (Wildman–Crippen LogP) is 7.13. The molecule has 0 heterocycles. The van der Waals surface area contributed by atoms with Crippen molar-refractivity contribution >= 4 is 18.0 Å². The number of nitrogens with one attached hydrogen (secondary N) is 2. The average molecular weight is 711 g/mol.